The summed E-state index contributed by atoms with van der Waals surface area (Å²) in [6.07, 6.45) is 1.11. The van der Waals surface area contributed by atoms with Gasteiger partial charge in [-0.05, 0) is 25.0 Å². The number of allylic oxidation sites excluding steroid dienone is 1. The van der Waals surface area contributed by atoms with Gasteiger partial charge in [0, 0.05) is 0 Å². The maximum absolute atomic E-state index is 10.4. The smallest absolute Gasteiger partial charge is 0.725 e. The van der Waals surface area contributed by atoms with Crippen LogP contribution in [0.4, 0.5) is 0 Å². The van der Waals surface area contributed by atoms with Gasteiger partial charge in [-0.3, -0.25) is 0 Å². The van der Waals surface area contributed by atoms with Gasteiger partial charge in [0.25, 0.3) is 0 Å². The van der Waals surface area contributed by atoms with Crippen molar-refractivity contribution in [1.29, 1.82) is 0 Å². The summed E-state index contributed by atoms with van der Waals surface area (Å²) >= 11 is 0. The molecule has 0 bridgehead atoms. The van der Waals surface area contributed by atoms with E-state index in [2.05, 4.69) is 10.8 Å². The molecule has 0 amide bonds. The molecule has 0 spiro atoms. The topological polar surface area (TPSA) is 75.7 Å². The van der Waals surface area contributed by atoms with Gasteiger partial charge in [-0.2, -0.15) is 0 Å². The van der Waals surface area contributed by atoms with E-state index >= 15 is 0 Å². The molecule has 1 aromatic carbocycles. The normalized spacial score (nSPS) is 12.3. The van der Waals surface area contributed by atoms with Gasteiger partial charge >= 0.3 is 29.6 Å². The fourth-order valence-corrected chi connectivity index (χ4v) is 1.68. The van der Waals surface area contributed by atoms with E-state index in [9.17, 15) is 13.0 Å². The first-order chi connectivity index (χ1) is 7.92. The minimum absolute atomic E-state index is 0. The van der Waals surface area contributed by atoms with Crippen molar-refractivity contribution in [2.75, 3.05) is 0 Å². The summed E-state index contributed by atoms with van der Waals surface area (Å²) in [7, 11) is -4.76. The molecule has 1 atom stereocenters. The minimum Gasteiger partial charge on any atom is -0.725 e. The molecule has 0 N–H and O–H groups in total. The molecule has 94 valence electrons. The van der Waals surface area contributed by atoms with Crippen LogP contribution in [-0.2, 0) is 21.0 Å². The van der Waals surface area contributed by atoms with Gasteiger partial charge in [0.15, 0.2) is 0 Å². The van der Waals surface area contributed by atoms with Gasteiger partial charge < -0.3 is 9.29 Å². The number of rotatable bonds is 6. The van der Waals surface area contributed by atoms with E-state index < -0.39 is 16.7 Å². The maximum atomic E-state index is 10.4. The van der Waals surface area contributed by atoms with Crippen molar-refractivity contribution in [2.24, 2.45) is 0 Å². The molecule has 18 heavy (non-hydrogen) atoms. The zero-order chi connectivity index (χ0) is 12.9. The number of benzene rings is 1. The molecule has 0 fully saturated rings. The average Bonchev–Trinajstić information content (AvgIpc) is 2.18. The number of para-hydroxylation sites is 1. The first-order valence-corrected chi connectivity index (χ1v) is 6.25. The van der Waals surface area contributed by atoms with Gasteiger partial charge in [0.1, 0.15) is 5.75 Å². The fourth-order valence-electron chi connectivity index (χ4n) is 1.31. The van der Waals surface area contributed by atoms with E-state index in [0.29, 0.717) is 12.2 Å². The summed E-state index contributed by atoms with van der Waals surface area (Å²) in [6, 6.07) is 7.04. The third-order valence-corrected chi connectivity index (χ3v) is 2.39. The predicted octanol–water partition coefficient (Wildman–Crippen LogP) is -1.38. The quantitative estimate of drug-likeness (QED) is 0.211. The van der Waals surface area contributed by atoms with Gasteiger partial charge in [-0.25, -0.2) is 12.6 Å². The van der Waals surface area contributed by atoms with Crippen molar-refractivity contribution >= 4 is 10.4 Å². The summed E-state index contributed by atoms with van der Waals surface area (Å²) < 4.78 is 40.5. The Morgan fingerprint density at radius 1 is 1.44 bits per heavy atom. The number of ether oxygens (including phenoxy) is 1. The first kappa shape index (κ1) is 17.6. The van der Waals surface area contributed by atoms with E-state index in [1.54, 1.807) is 18.2 Å². The van der Waals surface area contributed by atoms with Crippen molar-refractivity contribution in [2.45, 2.75) is 19.6 Å². The second kappa shape index (κ2) is 7.93. The van der Waals surface area contributed by atoms with E-state index in [0.717, 1.165) is 5.56 Å². The first-order valence-electron chi connectivity index (χ1n) is 4.92. The van der Waals surface area contributed by atoms with E-state index in [4.69, 9.17) is 4.74 Å². The van der Waals surface area contributed by atoms with Crippen LogP contribution in [0, 0.1) is 0 Å². The summed E-state index contributed by atoms with van der Waals surface area (Å²) in [4.78, 5) is 0. The zero-order valence-corrected chi connectivity index (χ0v) is 13.1. The van der Waals surface area contributed by atoms with Crippen molar-refractivity contribution < 1.29 is 51.4 Å². The van der Waals surface area contributed by atoms with Crippen molar-refractivity contribution in [3.8, 4) is 5.75 Å². The second-order valence-corrected chi connectivity index (χ2v) is 4.30. The molecule has 0 aromatic heterocycles. The summed E-state index contributed by atoms with van der Waals surface area (Å²) in [5.41, 5.74) is 0.834. The average molecular weight is 280 g/mol. The molecule has 0 saturated carbocycles. The van der Waals surface area contributed by atoms with Crippen LogP contribution in [0.5, 0.6) is 5.75 Å². The van der Waals surface area contributed by atoms with Crippen molar-refractivity contribution in [3.63, 3.8) is 0 Å². The molecule has 5 nitrogen and oxygen atoms in total. The van der Waals surface area contributed by atoms with Crippen LogP contribution in [0.15, 0.2) is 36.9 Å². The van der Waals surface area contributed by atoms with Gasteiger partial charge in [-0.15, -0.1) is 6.58 Å². The van der Waals surface area contributed by atoms with E-state index in [-0.39, 0.29) is 29.6 Å². The van der Waals surface area contributed by atoms with Crippen LogP contribution in [0.1, 0.15) is 12.5 Å². The molecule has 0 radical (unpaired) electrons. The summed E-state index contributed by atoms with van der Waals surface area (Å²) in [5, 5.41) is 0. The largest absolute Gasteiger partial charge is 1.00 e. The molecule has 1 unspecified atom stereocenters. The summed E-state index contributed by atoms with van der Waals surface area (Å²) in [5.74, 6) is 0.462. The third-order valence-electron chi connectivity index (χ3n) is 1.88. The molecule has 1 rings (SSSR count). The van der Waals surface area contributed by atoms with Crippen LogP contribution in [-0.4, -0.2) is 19.3 Å². The van der Waals surface area contributed by atoms with Crippen molar-refractivity contribution in [1.82, 2.24) is 0 Å². The maximum Gasteiger partial charge on any atom is 1.00 e. The monoisotopic (exact) mass is 280 g/mol. The third kappa shape index (κ3) is 6.53. The molecule has 0 heterocycles. The molecule has 0 saturated heterocycles. The Morgan fingerprint density at radius 2 is 2.06 bits per heavy atom. The van der Waals surface area contributed by atoms with Crippen LogP contribution < -0.4 is 34.3 Å². The minimum atomic E-state index is -4.76. The molecule has 1 aromatic rings. The molecule has 0 aliphatic carbocycles. The van der Waals surface area contributed by atoms with Crippen LogP contribution in [0.25, 0.3) is 0 Å². The SMILES string of the molecule is C=CCc1ccccc1OC(C)OS(=O)(=O)[O-].[Na+]. The Balaban J connectivity index is 0.00000289. The van der Waals surface area contributed by atoms with Gasteiger partial charge in [-0.1, -0.05) is 24.3 Å². The van der Waals surface area contributed by atoms with Crippen LogP contribution in [0.3, 0.4) is 0 Å². The van der Waals surface area contributed by atoms with Gasteiger partial charge in [0.05, 0.1) is 0 Å². The standard InChI is InChI=1S/C11H14O5S.Na/c1-3-6-10-7-4-5-8-11(10)15-9(2)16-17(12,13)14;/h3-5,7-9H,1,6H2,2H3,(H,12,13,14);/q;+1/p-1. The molecular formula is C11H13NaO5S. The second-order valence-electron chi connectivity index (χ2n) is 3.29. The van der Waals surface area contributed by atoms with Crippen LogP contribution in [0.2, 0.25) is 0 Å². The van der Waals surface area contributed by atoms with Gasteiger partial charge in [0.2, 0.25) is 16.7 Å². The Bertz CT molecular complexity index is 486. The Kier molecular flexibility index (Phi) is 7.77. The Labute approximate surface area is 129 Å². The molecular weight excluding hydrogens is 267 g/mol. The Hall–Kier alpha value is -0.370. The Morgan fingerprint density at radius 3 is 2.61 bits per heavy atom. The molecule has 7 heteroatoms. The zero-order valence-electron chi connectivity index (χ0n) is 10.3. The van der Waals surface area contributed by atoms with E-state index in [1.165, 1.54) is 6.92 Å². The molecule has 0 aliphatic rings. The fraction of sp³-hybridized carbons (Fsp3) is 0.273. The van der Waals surface area contributed by atoms with Crippen LogP contribution >= 0.6 is 0 Å². The number of hydrogen-bond donors (Lipinski definition) is 0. The molecule has 0 aliphatic heterocycles. The predicted molar refractivity (Wildman–Crippen MR) is 61.2 cm³/mol. The summed E-state index contributed by atoms with van der Waals surface area (Å²) in [6.45, 7) is 4.94. The van der Waals surface area contributed by atoms with Crippen molar-refractivity contribution in [3.05, 3.63) is 42.5 Å². The number of hydrogen-bond acceptors (Lipinski definition) is 5. The van der Waals surface area contributed by atoms with E-state index in [1.807, 2.05) is 12.1 Å².